The van der Waals surface area contributed by atoms with Crippen molar-refractivity contribution in [2.45, 2.75) is 51.7 Å². The molecule has 2 N–H and O–H groups in total. The van der Waals surface area contributed by atoms with Gasteiger partial charge in [0.2, 0.25) is 0 Å². The number of sulfone groups is 1. The highest BCUT2D eigenvalue weighted by Gasteiger charge is 2.24. The van der Waals surface area contributed by atoms with Gasteiger partial charge < -0.3 is 10.4 Å². The van der Waals surface area contributed by atoms with Crippen LogP contribution < -0.4 is 5.32 Å². The van der Waals surface area contributed by atoms with Crippen molar-refractivity contribution in [3.8, 4) is 0 Å². The van der Waals surface area contributed by atoms with E-state index >= 15 is 0 Å². The summed E-state index contributed by atoms with van der Waals surface area (Å²) in [5.74, 6) is 0.472. The summed E-state index contributed by atoms with van der Waals surface area (Å²) < 4.78 is 23.7. The molecule has 4 nitrogen and oxygen atoms in total. The Kier molecular flexibility index (Phi) is 5.89. The lowest BCUT2D eigenvalue weighted by atomic mass is 10.1. The SMILES string of the molecule is CC(C)NCC(O)CS(=O)(=O)CC1CCCC1. The van der Waals surface area contributed by atoms with Gasteiger partial charge in [0.05, 0.1) is 17.6 Å². The first-order valence-electron chi connectivity index (χ1n) is 6.51. The molecule has 0 aromatic heterocycles. The highest BCUT2D eigenvalue weighted by Crippen LogP contribution is 2.26. The van der Waals surface area contributed by atoms with Gasteiger partial charge in [0.1, 0.15) is 0 Å². The summed E-state index contributed by atoms with van der Waals surface area (Å²) >= 11 is 0. The molecule has 1 aliphatic carbocycles. The Morgan fingerprint density at radius 2 is 1.88 bits per heavy atom. The summed E-state index contributed by atoms with van der Waals surface area (Å²) in [7, 11) is -3.10. The maximum absolute atomic E-state index is 11.9. The topological polar surface area (TPSA) is 66.4 Å². The third kappa shape index (κ3) is 6.38. The van der Waals surface area contributed by atoms with E-state index in [4.69, 9.17) is 0 Å². The van der Waals surface area contributed by atoms with E-state index in [0.717, 1.165) is 25.7 Å². The number of hydrogen-bond donors (Lipinski definition) is 2. The Morgan fingerprint density at radius 3 is 2.41 bits per heavy atom. The predicted molar refractivity (Wildman–Crippen MR) is 69.8 cm³/mol. The number of rotatable bonds is 7. The van der Waals surface area contributed by atoms with Crippen LogP contribution in [0.15, 0.2) is 0 Å². The molecule has 0 heterocycles. The van der Waals surface area contributed by atoms with Crippen LogP contribution in [0.25, 0.3) is 0 Å². The van der Waals surface area contributed by atoms with Crippen LogP contribution in [0.2, 0.25) is 0 Å². The van der Waals surface area contributed by atoms with E-state index in [2.05, 4.69) is 5.32 Å². The maximum Gasteiger partial charge on any atom is 0.153 e. The van der Waals surface area contributed by atoms with Gasteiger partial charge in [-0.2, -0.15) is 0 Å². The summed E-state index contributed by atoms with van der Waals surface area (Å²) in [4.78, 5) is 0. The fourth-order valence-electron chi connectivity index (χ4n) is 2.33. The maximum atomic E-state index is 11.9. The smallest absolute Gasteiger partial charge is 0.153 e. The van der Waals surface area contributed by atoms with Gasteiger partial charge in [0.15, 0.2) is 9.84 Å². The van der Waals surface area contributed by atoms with Gasteiger partial charge in [-0.3, -0.25) is 0 Å². The molecular formula is C12H25NO3S. The van der Waals surface area contributed by atoms with Crippen molar-refractivity contribution in [1.82, 2.24) is 5.32 Å². The Labute approximate surface area is 105 Å². The largest absolute Gasteiger partial charge is 0.391 e. The van der Waals surface area contributed by atoms with Crippen LogP contribution >= 0.6 is 0 Å². The summed E-state index contributed by atoms with van der Waals surface area (Å²) in [6.07, 6.45) is 3.57. The first-order valence-corrected chi connectivity index (χ1v) is 8.33. The second kappa shape index (κ2) is 6.71. The van der Waals surface area contributed by atoms with Crippen molar-refractivity contribution in [3.63, 3.8) is 0 Å². The van der Waals surface area contributed by atoms with Gasteiger partial charge in [0.25, 0.3) is 0 Å². The molecule has 0 bridgehead atoms. The van der Waals surface area contributed by atoms with Crippen LogP contribution in [0.3, 0.4) is 0 Å². The van der Waals surface area contributed by atoms with Gasteiger partial charge >= 0.3 is 0 Å². The minimum atomic E-state index is -3.10. The zero-order valence-corrected chi connectivity index (χ0v) is 11.7. The van der Waals surface area contributed by atoms with E-state index in [-0.39, 0.29) is 17.5 Å². The zero-order valence-electron chi connectivity index (χ0n) is 10.9. The fourth-order valence-corrected chi connectivity index (χ4v) is 4.22. The molecule has 5 heteroatoms. The Hall–Kier alpha value is -0.130. The van der Waals surface area contributed by atoms with Crippen LogP contribution in [-0.2, 0) is 9.84 Å². The van der Waals surface area contributed by atoms with E-state index in [9.17, 15) is 13.5 Å². The molecule has 17 heavy (non-hydrogen) atoms. The number of aliphatic hydroxyl groups excluding tert-OH is 1. The first-order chi connectivity index (χ1) is 7.89. The summed E-state index contributed by atoms with van der Waals surface area (Å²) in [6.45, 7) is 4.29. The lowest BCUT2D eigenvalue weighted by molar-refractivity contribution is 0.190. The van der Waals surface area contributed by atoms with Crippen molar-refractivity contribution in [2.24, 2.45) is 5.92 Å². The lowest BCUT2D eigenvalue weighted by Gasteiger charge is -2.15. The molecule has 1 saturated carbocycles. The molecule has 0 spiro atoms. The molecule has 1 aliphatic rings. The van der Waals surface area contributed by atoms with Crippen LogP contribution in [-0.4, -0.2) is 43.7 Å². The average Bonchev–Trinajstić information content (AvgIpc) is 2.65. The van der Waals surface area contributed by atoms with Crippen molar-refractivity contribution >= 4 is 9.84 Å². The Balaban J connectivity index is 2.32. The van der Waals surface area contributed by atoms with E-state index in [0.29, 0.717) is 12.5 Å². The second-order valence-corrected chi connectivity index (χ2v) is 7.60. The standard InChI is InChI=1S/C12H25NO3S/c1-10(2)13-7-12(14)9-17(15,16)8-11-5-3-4-6-11/h10-14H,3-9H2,1-2H3. The third-order valence-electron chi connectivity index (χ3n) is 3.17. The number of aliphatic hydroxyl groups is 1. The van der Waals surface area contributed by atoms with Crippen LogP contribution in [0.5, 0.6) is 0 Å². The highest BCUT2D eigenvalue weighted by atomic mass is 32.2. The zero-order chi connectivity index (χ0) is 12.9. The molecule has 0 aromatic carbocycles. The van der Waals surface area contributed by atoms with Gasteiger partial charge in [-0.25, -0.2) is 8.42 Å². The Morgan fingerprint density at radius 1 is 1.29 bits per heavy atom. The molecule has 102 valence electrons. The number of hydrogen-bond acceptors (Lipinski definition) is 4. The summed E-state index contributed by atoms with van der Waals surface area (Å²) in [5, 5.41) is 12.7. The normalized spacial score (nSPS) is 20.0. The molecular weight excluding hydrogens is 238 g/mol. The van der Waals surface area contributed by atoms with E-state index in [1.165, 1.54) is 0 Å². The predicted octanol–water partition coefficient (Wildman–Crippen LogP) is 0.950. The molecule has 1 fully saturated rings. The van der Waals surface area contributed by atoms with Gasteiger partial charge in [-0.1, -0.05) is 26.7 Å². The summed E-state index contributed by atoms with van der Waals surface area (Å²) in [6, 6.07) is 0.266. The molecule has 0 amide bonds. The molecule has 1 rings (SSSR count). The van der Waals surface area contributed by atoms with E-state index in [1.54, 1.807) is 0 Å². The quantitative estimate of drug-likeness (QED) is 0.718. The minimum absolute atomic E-state index is 0.108. The monoisotopic (exact) mass is 263 g/mol. The lowest BCUT2D eigenvalue weighted by Crippen LogP contribution is -2.37. The second-order valence-electron chi connectivity index (χ2n) is 5.44. The Bertz CT molecular complexity index is 308. The van der Waals surface area contributed by atoms with Crippen molar-refractivity contribution in [1.29, 1.82) is 0 Å². The first kappa shape index (κ1) is 14.9. The van der Waals surface area contributed by atoms with Crippen molar-refractivity contribution in [2.75, 3.05) is 18.1 Å². The van der Waals surface area contributed by atoms with Gasteiger partial charge in [-0.05, 0) is 18.8 Å². The number of nitrogens with one attached hydrogen (secondary N) is 1. The molecule has 0 aromatic rings. The van der Waals surface area contributed by atoms with Gasteiger partial charge in [0, 0.05) is 12.6 Å². The third-order valence-corrected chi connectivity index (χ3v) is 5.04. The molecule has 0 aliphatic heterocycles. The van der Waals surface area contributed by atoms with Crippen LogP contribution in [0, 0.1) is 5.92 Å². The average molecular weight is 263 g/mol. The van der Waals surface area contributed by atoms with E-state index < -0.39 is 15.9 Å². The fraction of sp³-hybridized carbons (Fsp3) is 1.00. The molecule has 1 unspecified atom stereocenters. The molecule has 0 saturated heterocycles. The molecule has 1 atom stereocenters. The summed E-state index contributed by atoms with van der Waals surface area (Å²) in [5.41, 5.74) is 0. The van der Waals surface area contributed by atoms with Crippen LogP contribution in [0.4, 0.5) is 0 Å². The van der Waals surface area contributed by atoms with Crippen LogP contribution in [0.1, 0.15) is 39.5 Å². The highest BCUT2D eigenvalue weighted by molar-refractivity contribution is 7.91. The molecule has 0 radical (unpaired) electrons. The van der Waals surface area contributed by atoms with Crippen molar-refractivity contribution < 1.29 is 13.5 Å². The van der Waals surface area contributed by atoms with Gasteiger partial charge in [-0.15, -0.1) is 0 Å². The minimum Gasteiger partial charge on any atom is -0.391 e. The van der Waals surface area contributed by atoms with E-state index in [1.807, 2.05) is 13.8 Å². The van der Waals surface area contributed by atoms with Crippen molar-refractivity contribution in [3.05, 3.63) is 0 Å².